The quantitative estimate of drug-likeness (QED) is 0.691. The minimum Gasteiger partial charge on any atom is -0.353 e. The average Bonchev–Trinajstić information content (AvgIpc) is 3.11. The minimum atomic E-state index is -0.469. The summed E-state index contributed by atoms with van der Waals surface area (Å²) in [6.07, 6.45) is 1.74. The van der Waals surface area contributed by atoms with Crippen molar-refractivity contribution in [2.45, 2.75) is 39.8 Å². The highest BCUT2D eigenvalue weighted by atomic mass is 19.1. The number of rotatable bonds is 6. The van der Waals surface area contributed by atoms with E-state index in [0.29, 0.717) is 6.54 Å². The van der Waals surface area contributed by atoms with E-state index in [1.165, 1.54) is 12.1 Å². The molecule has 1 aromatic carbocycles. The van der Waals surface area contributed by atoms with Crippen LogP contribution < -0.4 is 10.6 Å². The lowest BCUT2D eigenvalue weighted by Crippen LogP contribution is -2.58. The number of piperazine rings is 1. The van der Waals surface area contributed by atoms with Crippen molar-refractivity contribution in [3.05, 3.63) is 41.8 Å². The summed E-state index contributed by atoms with van der Waals surface area (Å²) in [5.74, 6) is -0.614. The van der Waals surface area contributed by atoms with Gasteiger partial charge in [-0.25, -0.2) is 4.39 Å². The van der Waals surface area contributed by atoms with Gasteiger partial charge in [0.05, 0.1) is 24.4 Å². The molecule has 0 bridgehead atoms. The van der Waals surface area contributed by atoms with E-state index in [1.54, 1.807) is 18.3 Å². The van der Waals surface area contributed by atoms with Gasteiger partial charge in [-0.2, -0.15) is 5.10 Å². The molecule has 29 heavy (non-hydrogen) atoms. The normalized spacial score (nSPS) is 17.8. The summed E-state index contributed by atoms with van der Waals surface area (Å²) in [7, 11) is 0. The number of aromatic amines is 1. The molecule has 0 aliphatic carbocycles. The fraction of sp³-hybridized carbons (Fsp3) is 0.476. The van der Waals surface area contributed by atoms with Crippen LogP contribution in [-0.4, -0.2) is 52.6 Å². The SMILES string of the molecule is CC(C)(C)CN1CCNC(=O)C1CC(=O)NCc1cn[nH]c1-c1ccc(F)cc1. The summed E-state index contributed by atoms with van der Waals surface area (Å²) in [5, 5.41) is 12.7. The van der Waals surface area contributed by atoms with Crippen molar-refractivity contribution in [1.82, 2.24) is 25.7 Å². The van der Waals surface area contributed by atoms with Crippen molar-refractivity contribution in [2.24, 2.45) is 5.41 Å². The summed E-state index contributed by atoms with van der Waals surface area (Å²) < 4.78 is 13.2. The summed E-state index contributed by atoms with van der Waals surface area (Å²) in [5.41, 5.74) is 2.35. The first-order chi connectivity index (χ1) is 13.7. The first-order valence-corrected chi connectivity index (χ1v) is 9.79. The Morgan fingerprint density at radius 2 is 2.03 bits per heavy atom. The number of H-pyrrole nitrogens is 1. The Kier molecular flexibility index (Phi) is 6.32. The molecule has 0 saturated carbocycles. The average molecular weight is 401 g/mol. The van der Waals surface area contributed by atoms with Gasteiger partial charge in [0.2, 0.25) is 11.8 Å². The molecule has 2 amide bonds. The number of nitrogens with zero attached hydrogens (tertiary/aromatic N) is 2. The molecule has 3 rings (SSSR count). The van der Waals surface area contributed by atoms with Gasteiger partial charge in [0.15, 0.2) is 0 Å². The Hall–Kier alpha value is -2.74. The van der Waals surface area contributed by atoms with Crippen LogP contribution >= 0.6 is 0 Å². The number of carbonyl (C=O) groups excluding carboxylic acids is 2. The minimum absolute atomic E-state index is 0.0349. The molecular weight excluding hydrogens is 373 g/mol. The van der Waals surface area contributed by atoms with E-state index in [-0.39, 0.29) is 36.0 Å². The molecule has 3 N–H and O–H groups in total. The lowest BCUT2D eigenvalue weighted by molar-refractivity contribution is -0.134. The second-order valence-electron chi connectivity index (χ2n) is 8.60. The maximum absolute atomic E-state index is 13.2. The van der Waals surface area contributed by atoms with Gasteiger partial charge >= 0.3 is 0 Å². The highest BCUT2D eigenvalue weighted by Crippen LogP contribution is 2.22. The number of hydrogen-bond acceptors (Lipinski definition) is 4. The molecular formula is C21H28FN5O2. The number of carbonyl (C=O) groups is 2. The lowest BCUT2D eigenvalue weighted by Gasteiger charge is -2.38. The third-order valence-electron chi connectivity index (χ3n) is 4.82. The van der Waals surface area contributed by atoms with Crippen LogP contribution in [-0.2, 0) is 16.1 Å². The first kappa shape index (κ1) is 21.0. The predicted octanol–water partition coefficient (Wildman–Crippen LogP) is 2.07. The second-order valence-corrected chi connectivity index (χ2v) is 8.60. The highest BCUT2D eigenvalue weighted by Gasteiger charge is 2.33. The third-order valence-corrected chi connectivity index (χ3v) is 4.82. The van der Waals surface area contributed by atoms with E-state index >= 15 is 0 Å². The van der Waals surface area contributed by atoms with Crippen LogP contribution in [0.4, 0.5) is 4.39 Å². The molecule has 1 saturated heterocycles. The van der Waals surface area contributed by atoms with Crippen LogP contribution in [0.3, 0.4) is 0 Å². The molecule has 0 radical (unpaired) electrons. The summed E-state index contributed by atoms with van der Waals surface area (Å²) in [6, 6.07) is 5.60. The molecule has 1 fully saturated rings. The smallest absolute Gasteiger partial charge is 0.237 e. The van der Waals surface area contributed by atoms with Crippen LogP contribution in [0.15, 0.2) is 30.5 Å². The summed E-state index contributed by atoms with van der Waals surface area (Å²) >= 11 is 0. The Morgan fingerprint density at radius 3 is 2.72 bits per heavy atom. The van der Waals surface area contributed by atoms with Crippen LogP contribution in [0.5, 0.6) is 0 Å². The van der Waals surface area contributed by atoms with Crippen molar-refractivity contribution in [3.63, 3.8) is 0 Å². The van der Waals surface area contributed by atoms with Crippen molar-refractivity contribution in [1.29, 1.82) is 0 Å². The largest absolute Gasteiger partial charge is 0.353 e. The molecule has 7 nitrogen and oxygen atoms in total. The Bertz CT molecular complexity index is 857. The molecule has 2 heterocycles. The Balaban J connectivity index is 1.62. The van der Waals surface area contributed by atoms with E-state index < -0.39 is 6.04 Å². The summed E-state index contributed by atoms with van der Waals surface area (Å²) in [6.45, 7) is 8.70. The molecule has 1 aromatic heterocycles. The van der Waals surface area contributed by atoms with E-state index in [1.807, 2.05) is 0 Å². The maximum Gasteiger partial charge on any atom is 0.237 e. The Labute approximate surface area is 170 Å². The van der Waals surface area contributed by atoms with Crippen molar-refractivity contribution >= 4 is 11.8 Å². The van der Waals surface area contributed by atoms with E-state index in [9.17, 15) is 14.0 Å². The number of benzene rings is 1. The number of halogens is 1. The molecule has 1 unspecified atom stereocenters. The number of nitrogens with one attached hydrogen (secondary N) is 3. The van der Waals surface area contributed by atoms with Gasteiger partial charge in [0, 0.05) is 37.3 Å². The number of aromatic nitrogens is 2. The second kappa shape index (κ2) is 8.73. The molecule has 1 aliphatic rings. The van der Waals surface area contributed by atoms with Gasteiger partial charge in [-0.05, 0) is 29.7 Å². The van der Waals surface area contributed by atoms with Crippen molar-refractivity contribution in [2.75, 3.05) is 19.6 Å². The molecule has 2 aromatic rings. The van der Waals surface area contributed by atoms with E-state index in [0.717, 1.165) is 29.9 Å². The van der Waals surface area contributed by atoms with Gasteiger partial charge in [0.1, 0.15) is 5.82 Å². The van der Waals surface area contributed by atoms with Crippen LogP contribution in [0.1, 0.15) is 32.8 Å². The monoisotopic (exact) mass is 401 g/mol. The standard InChI is InChI=1S/C21H28FN5O2/c1-21(2,3)13-27-9-8-23-20(29)17(27)10-18(28)24-11-15-12-25-26-19(15)14-4-6-16(22)7-5-14/h4-7,12,17H,8-11,13H2,1-3H3,(H,23,29)(H,24,28)(H,25,26). The van der Waals surface area contributed by atoms with E-state index in [4.69, 9.17) is 0 Å². The zero-order valence-electron chi connectivity index (χ0n) is 17.1. The summed E-state index contributed by atoms with van der Waals surface area (Å²) in [4.78, 5) is 27.0. The van der Waals surface area contributed by atoms with Crippen molar-refractivity contribution in [3.8, 4) is 11.3 Å². The molecule has 1 aliphatic heterocycles. The Morgan fingerprint density at radius 1 is 1.31 bits per heavy atom. The van der Waals surface area contributed by atoms with Gasteiger partial charge in [-0.15, -0.1) is 0 Å². The number of amides is 2. The fourth-order valence-corrected chi connectivity index (χ4v) is 3.54. The number of hydrogen-bond donors (Lipinski definition) is 3. The zero-order chi connectivity index (χ0) is 21.0. The topological polar surface area (TPSA) is 90.1 Å². The molecule has 1 atom stereocenters. The van der Waals surface area contributed by atoms with Crippen molar-refractivity contribution < 1.29 is 14.0 Å². The first-order valence-electron chi connectivity index (χ1n) is 9.79. The lowest BCUT2D eigenvalue weighted by atomic mass is 9.94. The molecule has 8 heteroatoms. The van der Waals surface area contributed by atoms with E-state index in [2.05, 4.69) is 46.5 Å². The predicted molar refractivity (Wildman–Crippen MR) is 108 cm³/mol. The van der Waals surface area contributed by atoms with Gasteiger partial charge in [-0.1, -0.05) is 20.8 Å². The van der Waals surface area contributed by atoms with Crippen LogP contribution in [0.25, 0.3) is 11.3 Å². The van der Waals surface area contributed by atoms with Gasteiger partial charge in [0.25, 0.3) is 0 Å². The zero-order valence-corrected chi connectivity index (χ0v) is 17.1. The van der Waals surface area contributed by atoms with Gasteiger partial charge in [-0.3, -0.25) is 19.6 Å². The van der Waals surface area contributed by atoms with Crippen LogP contribution in [0, 0.1) is 11.2 Å². The third kappa shape index (κ3) is 5.63. The fourth-order valence-electron chi connectivity index (χ4n) is 3.54. The molecule has 156 valence electrons. The van der Waals surface area contributed by atoms with Gasteiger partial charge < -0.3 is 10.6 Å². The maximum atomic E-state index is 13.2. The molecule has 0 spiro atoms. The highest BCUT2D eigenvalue weighted by molar-refractivity contribution is 5.88. The van der Waals surface area contributed by atoms with Crippen LogP contribution in [0.2, 0.25) is 0 Å².